The monoisotopic (exact) mass is 264 g/mol. The van der Waals surface area contributed by atoms with E-state index < -0.39 is 11.9 Å². The molecule has 2 amide bonds. The van der Waals surface area contributed by atoms with Gasteiger partial charge >= 0.3 is 0 Å². The van der Waals surface area contributed by atoms with Gasteiger partial charge in [-0.15, -0.1) is 0 Å². The SMILES string of the molecule is CC(NC(=O)c1ccc(N)cn1)C(=O)NC(C)(C)C. The van der Waals surface area contributed by atoms with Crippen LogP contribution >= 0.6 is 0 Å². The van der Waals surface area contributed by atoms with Crippen LogP contribution in [0.2, 0.25) is 0 Å². The molecular formula is C13H20N4O2. The topological polar surface area (TPSA) is 97.1 Å². The molecule has 0 aromatic carbocycles. The maximum Gasteiger partial charge on any atom is 0.270 e. The molecule has 0 aliphatic rings. The first-order chi connectivity index (χ1) is 8.69. The first-order valence-electron chi connectivity index (χ1n) is 6.03. The molecule has 19 heavy (non-hydrogen) atoms. The number of nitrogens with two attached hydrogens (primary N) is 1. The Morgan fingerprint density at radius 3 is 2.42 bits per heavy atom. The van der Waals surface area contributed by atoms with Gasteiger partial charge in [-0.3, -0.25) is 9.59 Å². The number of nitrogens with zero attached hydrogens (tertiary/aromatic N) is 1. The number of anilines is 1. The highest BCUT2D eigenvalue weighted by Crippen LogP contribution is 2.02. The van der Waals surface area contributed by atoms with Crippen molar-refractivity contribution in [3.8, 4) is 0 Å². The van der Waals surface area contributed by atoms with Crippen LogP contribution in [0.3, 0.4) is 0 Å². The molecule has 104 valence electrons. The van der Waals surface area contributed by atoms with Crippen LogP contribution in [0.1, 0.15) is 38.2 Å². The molecule has 0 aliphatic carbocycles. The van der Waals surface area contributed by atoms with Crippen molar-refractivity contribution < 1.29 is 9.59 Å². The summed E-state index contributed by atoms with van der Waals surface area (Å²) in [4.78, 5) is 27.6. The van der Waals surface area contributed by atoms with Gasteiger partial charge in [0, 0.05) is 5.54 Å². The van der Waals surface area contributed by atoms with E-state index in [1.165, 1.54) is 12.3 Å². The first-order valence-corrected chi connectivity index (χ1v) is 6.03. The number of nitrogens with one attached hydrogen (secondary N) is 2. The third-order valence-electron chi connectivity index (χ3n) is 2.26. The molecule has 0 aliphatic heterocycles. The molecule has 1 aromatic heterocycles. The second-order valence-electron chi connectivity index (χ2n) is 5.41. The Labute approximate surface area is 112 Å². The van der Waals surface area contributed by atoms with Gasteiger partial charge in [-0.25, -0.2) is 4.98 Å². The number of pyridine rings is 1. The molecule has 0 fully saturated rings. The van der Waals surface area contributed by atoms with E-state index >= 15 is 0 Å². The number of hydrogen-bond donors (Lipinski definition) is 3. The standard InChI is InChI=1S/C13H20N4O2/c1-8(11(18)17-13(2,3)4)16-12(19)10-6-5-9(14)7-15-10/h5-8H,14H2,1-4H3,(H,16,19)(H,17,18). The van der Waals surface area contributed by atoms with E-state index in [1.54, 1.807) is 13.0 Å². The maximum atomic E-state index is 11.8. The molecule has 1 aromatic rings. The normalized spacial score (nSPS) is 12.6. The van der Waals surface area contributed by atoms with Crippen LogP contribution in [0.25, 0.3) is 0 Å². The molecule has 0 radical (unpaired) electrons. The summed E-state index contributed by atoms with van der Waals surface area (Å²) >= 11 is 0. The number of hydrogen-bond acceptors (Lipinski definition) is 4. The van der Waals surface area contributed by atoms with Gasteiger partial charge < -0.3 is 16.4 Å². The molecule has 0 saturated heterocycles. The van der Waals surface area contributed by atoms with Crippen molar-refractivity contribution in [1.82, 2.24) is 15.6 Å². The predicted octanol–water partition coefficient (Wildman–Crippen LogP) is 0.697. The molecule has 0 spiro atoms. The number of nitrogen functional groups attached to an aromatic ring is 1. The van der Waals surface area contributed by atoms with Crippen molar-refractivity contribution in [2.45, 2.75) is 39.3 Å². The molecule has 0 saturated carbocycles. The molecular weight excluding hydrogens is 244 g/mol. The zero-order chi connectivity index (χ0) is 14.6. The number of carbonyl (C=O) groups is 2. The molecule has 1 rings (SSSR count). The van der Waals surface area contributed by atoms with Gasteiger partial charge in [-0.1, -0.05) is 0 Å². The molecule has 6 heteroatoms. The molecule has 6 nitrogen and oxygen atoms in total. The van der Waals surface area contributed by atoms with Crippen molar-refractivity contribution in [2.24, 2.45) is 0 Å². The molecule has 0 bridgehead atoms. The van der Waals surface area contributed by atoms with Crippen molar-refractivity contribution in [3.63, 3.8) is 0 Å². The number of aromatic nitrogens is 1. The molecule has 1 unspecified atom stereocenters. The Kier molecular flexibility index (Phi) is 4.47. The lowest BCUT2D eigenvalue weighted by Gasteiger charge is -2.23. The zero-order valence-electron chi connectivity index (χ0n) is 11.7. The summed E-state index contributed by atoms with van der Waals surface area (Å²) < 4.78 is 0. The van der Waals surface area contributed by atoms with Crippen molar-refractivity contribution in [3.05, 3.63) is 24.0 Å². The lowest BCUT2D eigenvalue weighted by atomic mass is 10.1. The van der Waals surface area contributed by atoms with Crippen LogP contribution in [0.4, 0.5) is 5.69 Å². The van der Waals surface area contributed by atoms with Crippen molar-refractivity contribution >= 4 is 17.5 Å². The zero-order valence-corrected chi connectivity index (χ0v) is 11.7. The highest BCUT2D eigenvalue weighted by Gasteiger charge is 2.21. The second-order valence-corrected chi connectivity index (χ2v) is 5.41. The summed E-state index contributed by atoms with van der Waals surface area (Å²) in [7, 11) is 0. The molecule has 1 heterocycles. The van der Waals surface area contributed by atoms with E-state index in [0.717, 1.165) is 0 Å². The van der Waals surface area contributed by atoms with E-state index in [2.05, 4.69) is 15.6 Å². The number of rotatable bonds is 3. The summed E-state index contributed by atoms with van der Waals surface area (Å²) in [6.45, 7) is 7.25. The largest absolute Gasteiger partial charge is 0.397 e. The fraction of sp³-hybridized carbons (Fsp3) is 0.462. The van der Waals surface area contributed by atoms with Gasteiger partial charge in [0.2, 0.25) is 5.91 Å². The fourth-order valence-electron chi connectivity index (χ4n) is 1.35. The smallest absolute Gasteiger partial charge is 0.270 e. The van der Waals surface area contributed by atoms with Crippen LogP contribution in [-0.4, -0.2) is 28.4 Å². The second kappa shape index (κ2) is 5.69. The van der Waals surface area contributed by atoms with Crippen LogP contribution in [0, 0.1) is 0 Å². The highest BCUT2D eigenvalue weighted by molar-refractivity contribution is 5.96. The Balaban J connectivity index is 2.61. The maximum absolute atomic E-state index is 11.8. The van der Waals surface area contributed by atoms with Crippen LogP contribution in [-0.2, 0) is 4.79 Å². The summed E-state index contributed by atoms with van der Waals surface area (Å²) in [6.07, 6.45) is 1.40. The average molecular weight is 264 g/mol. The lowest BCUT2D eigenvalue weighted by molar-refractivity contribution is -0.124. The van der Waals surface area contributed by atoms with Gasteiger partial charge in [0.05, 0.1) is 11.9 Å². The Bertz CT molecular complexity index is 463. The minimum absolute atomic E-state index is 0.226. The lowest BCUT2D eigenvalue weighted by Crippen LogP contribution is -2.50. The van der Waals surface area contributed by atoms with E-state index in [9.17, 15) is 9.59 Å². The van der Waals surface area contributed by atoms with Gasteiger partial charge in [-0.2, -0.15) is 0 Å². The number of amides is 2. The van der Waals surface area contributed by atoms with Gasteiger partial charge in [0.15, 0.2) is 0 Å². The third-order valence-corrected chi connectivity index (χ3v) is 2.26. The summed E-state index contributed by atoms with van der Waals surface area (Å²) in [5.74, 6) is -0.646. The van der Waals surface area contributed by atoms with Gasteiger partial charge in [-0.05, 0) is 39.8 Å². The van der Waals surface area contributed by atoms with Crippen LogP contribution < -0.4 is 16.4 Å². The van der Waals surface area contributed by atoms with Gasteiger partial charge in [0.25, 0.3) is 5.91 Å². The van der Waals surface area contributed by atoms with Gasteiger partial charge in [0.1, 0.15) is 11.7 Å². The predicted molar refractivity (Wildman–Crippen MR) is 73.5 cm³/mol. The quantitative estimate of drug-likeness (QED) is 0.748. The Hall–Kier alpha value is -2.11. The Morgan fingerprint density at radius 1 is 1.32 bits per heavy atom. The summed E-state index contributed by atoms with van der Waals surface area (Å²) in [6, 6.07) is 2.46. The fourth-order valence-corrected chi connectivity index (χ4v) is 1.35. The van der Waals surface area contributed by atoms with E-state index in [1.807, 2.05) is 20.8 Å². The minimum atomic E-state index is -0.633. The van der Waals surface area contributed by atoms with Crippen LogP contribution in [0.5, 0.6) is 0 Å². The Morgan fingerprint density at radius 2 is 1.95 bits per heavy atom. The van der Waals surface area contributed by atoms with Crippen molar-refractivity contribution in [1.29, 1.82) is 0 Å². The van der Waals surface area contributed by atoms with E-state index in [0.29, 0.717) is 5.69 Å². The summed E-state index contributed by atoms with van der Waals surface area (Å²) in [5.41, 5.74) is 5.86. The molecule has 4 N–H and O–H groups in total. The first kappa shape index (κ1) is 14.9. The summed E-state index contributed by atoms with van der Waals surface area (Å²) in [5, 5.41) is 5.37. The number of carbonyl (C=O) groups excluding carboxylic acids is 2. The third kappa shape index (κ3) is 4.95. The van der Waals surface area contributed by atoms with E-state index in [4.69, 9.17) is 5.73 Å². The minimum Gasteiger partial charge on any atom is -0.397 e. The van der Waals surface area contributed by atoms with Crippen molar-refractivity contribution in [2.75, 3.05) is 5.73 Å². The van der Waals surface area contributed by atoms with Crippen LogP contribution in [0.15, 0.2) is 18.3 Å². The highest BCUT2D eigenvalue weighted by atomic mass is 16.2. The van der Waals surface area contributed by atoms with E-state index in [-0.39, 0.29) is 17.1 Å². The average Bonchev–Trinajstić information content (AvgIpc) is 2.27. The molecule has 1 atom stereocenters.